The molecule has 0 saturated carbocycles. The van der Waals surface area contributed by atoms with E-state index >= 15 is 0 Å². The van der Waals surface area contributed by atoms with Crippen LogP contribution < -0.4 is 0 Å². The Morgan fingerprint density at radius 2 is 1.74 bits per heavy atom. The van der Waals surface area contributed by atoms with Gasteiger partial charge in [0.05, 0.1) is 0 Å². The molecule has 0 fully saturated rings. The quantitative estimate of drug-likeness (QED) is 0.848. The van der Waals surface area contributed by atoms with Gasteiger partial charge >= 0.3 is 15.5 Å². The Morgan fingerprint density at radius 3 is 2.26 bits per heavy atom. The molecule has 0 N–H and O–H groups in total. The van der Waals surface area contributed by atoms with Gasteiger partial charge in [-0.05, 0) is 6.92 Å². The first kappa shape index (κ1) is 13.5. The number of hydrogen-bond donors (Lipinski definition) is 0. The highest BCUT2D eigenvalue weighted by molar-refractivity contribution is 7.90. The third-order valence-corrected chi connectivity index (χ3v) is 3.67. The van der Waals surface area contributed by atoms with Gasteiger partial charge in [-0.15, -0.1) is 9.19 Å². The average molecular weight is 291 g/mol. The van der Waals surface area contributed by atoms with Crippen LogP contribution in [0, 0.1) is 6.92 Å². The number of hydrogen-bond acceptors (Lipinski definition) is 4. The lowest BCUT2D eigenvalue weighted by molar-refractivity contribution is -0.0450. The minimum Gasteiger partial charge on any atom is -0.211 e. The van der Waals surface area contributed by atoms with Crippen molar-refractivity contribution in [3.05, 3.63) is 36.2 Å². The molecule has 1 aromatic carbocycles. The summed E-state index contributed by atoms with van der Waals surface area (Å²) in [5, 5.41) is 3.42. The second kappa shape index (κ2) is 4.34. The van der Waals surface area contributed by atoms with E-state index in [1.165, 1.54) is 0 Å². The number of aromatic nitrogens is 3. The van der Waals surface area contributed by atoms with Crippen LogP contribution in [0.25, 0.3) is 11.4 Å². The molecule has 2 rings (SSSR count). The highest BCUT2D eigenvalue weighted by Gasteiger charge is 2.49. The molecule has 2 aromatic rings. The Kier molecular flexibility index (Phi) is 3.09. The minimum atomic E-state index is -5.55. The maximum Gasteiger partial charge on any atom is 0.518 e. The Labute approximate surface area is 106 Å². The molecule has 0 amide bonds. The molecule has 0 spiro atoms. The van der Waals surface area contributed by atoms with Crippen LogP contribution in [0.15, 0.2) is 30.3 Å². The predicted octanol–water partition coefficient (Wildman–Crippen LogP) is 1.95. The maximum absolute atomic E-state index is 12.4. The zero-order valence-corrected chi connectivity index (χ0v) is 10.4. The summed E-state index contributed by atoms with van der Waals surface area (Å²) < 4.78 is 59.7. The van der Waals surface area contributed by atoms with Crippen molar-refractivity contribution in [3.8, 4) is 11.4 Å². The van der Waals surface area contributed by atoms with Crippen molar-refractivity contribution in [2.24, 2.45) is 0 Å². The molecule has 19 heavy (non-hydrogen) atoms. The van der Waals surface area contributed by atoms with Crippen molar-refractivity contribution in [1.82, 2.24) is 14.2 Å². The van der Waals surface area contributed by atoms with E-state index in [2.05, 4.69) is 10.1 Å². The molecule has 102 valence electrons. The summed E-state index contributed by atoms with van der Waals surface area (Å²) in [6.07, 6.45) is 0. The zero-order chi connectivity index (χ0) is 14.3. The predicted molar refractivity (Wildman–Crippen MR) is 60.6 cm³/mol. The van der Waals surface area contributed by atoms with Crippen molar-refractivity contribution in [1.29, 1.82) is 0 Å². The molecule has 0 aliphatic rings. The molecule has 0 saturated heterocycles. The van der Waals surface area contributed by atoms with Crippen molar-refractivity contribution in [3.63, 3.8) is 0 Å². The number of halogens is 3. The highest BCUT2D eigenvalue weighted by Crippen LogP contribution is 2.26. The third kappa shape index (κ3) is 2.33. The topological polar surface area (TPSA) is 64.8 Å². The standard InChI is InChI=1S/C10H8F3N3O2S/c1-7-14-9(8-5-3-2-4-6-8)15-16(7)19(17,18)10(11,12)13/h2-6H,1H3. The molecule has 5 nitrogen and oxygen atoms in total. The van der Waals surface area contributed by atoms with Gasteiger partial charge in [0.25, 0.3) is 0 Å². The third-order valence-electron chi connectivity index (χ3n) is 2.28. The lowest BCUT2D eigenvalue weighted by atomic mass is 10.2. The zero-order valence-electron chi connectivity index (χ0n) is 9.59. The summed E-state index contributed by atoms with van der Waals surface area (Å²) in [7, 11) is -5.55. The van der Waals surface area contributed by atoms with E-state index in [1.54, 1.807) is 30.3 Å². The molecule has 0 atom stereocenters. The van der Waals surface area contributed by atoms with Crippen LogP contribution in [0.1, 0.15) is 5.82 Å². The second-order valence-electron chi connectivity index (χ2n) is 3.64. The lowest BCUT2D eigenvalue weighted by Crippen LogP contribution is -2.31. The summed E-state index contributed by atoms with van der Waals surface area (Å²) in [5.74, 6) is -0.429. The van der Waals surface area contributed by atoms with Crippen LogP contribution in [0.3, 0.4) is 0 Å². The van der Waals surface area contributed by atoms with Gasteiger partial charge in [0.2, 0.25) is 0 Å². The summed E-state index contributed by atoms with van der Waals surface area (Å²) >= 11 is 0. The Hall–Kier alpha value is -1.90. The molecule has 0 unspecified atom stereocenters. The van der Waals surface area contributed by atoms with E-state index in [-0.39, 0.29) is 15.7 Å². The molecule has 0 bridgehead atoms. The van der Waals surface area contributed by atoms with Crippen LogP contribution in [0.4, 0.5) is 13.2 Å². The van der Waals surface area contributed by atoms with Crippen LogP contribution >= 0.6 is 0 Å². The fourth-order valence-electron chi connectivity index (χ4n) is 1.41. The van der Waals surface area contributed by atoms with Gasteiger partial charge in [-0.25, -0.2) is 4.98 Å². The normalized spacial score (nSPS) is 12.6. The Balaban J connectivity index is 2.56. The fourth-order valence-corrected chi connectivity index (χ4v) is 2.18. The van der Waals surface area contributed by atoms with Crippen molar-refractivity contribution in [2.75, 3.05) is 0 Å². The first-order valence-corrected chi connectivity index (χ1v) is 6.48. The van der Waals surface area contributed by atoms with Crippen LogP contribution in [-0.4, -0.2) is 28.1 Å². The van der Waals surface area contributed by atoms with Crippen molar-refractivity contribution >= 4 is 10.0 Å². The van der Waals surface area contributed by atoms with E-state index in [1.807, 2.05) is 0 Å². The minimum absolute atomic E-state index is 0.0778. The number of rotatable bonds is 2. The first-order valence-electron chi connectivity index (χ1n) is 5.04. The first-order chi connectivity index (χ1) is 8.73. The van der Waals surface area contributed by atoms with E-state index in [0.29, 0.717) is 5.56 Å². The van der Waals surface area contributed by atoms with E-state index in [4.69, 9.17) is 0 Å². The number of nitrogens with zero attached hydrogens (tertiary/aromatic N) is 3. The molecular weight excluding hydrogens is 283 g/mol. The summed E-state index contributed by atoms with van der Waals surface area (Å²) in [6.45, 7) is 1.14. The largest absolute Gasteiger partial charge is 0.518 e. The van der Waals surface area contributed by atoms with Crippen LogP contribution in [0.2, 0.25) is 0 Å². The van der Waals surface area contributed by atoms with Gasteiger partial charge in [0.1, 0.15) is 5.82 Å². The van der Waals surface area contributed by atoms with Crippen LogP contribution in [0.5, 0.6) is 0 Å². The van der Waals surface area contributed by atoms with E-state index in [0.717, 1.165) is 6.92 Å². The Bertz CT molecular complexity index is 693. The van der Waals surface area contributed by atoms with Gasteiger partial charge in [0, 0.05) is 5.56 Å². The van der Waals surface area contributed by atoms with Gasteiger partial charge < -0.3 is 0 Å². The molecule has 1 heterocycles. The lowest BCUT2D eigenvalue weighted by Gasteiger charge is -2.07. The molecule has 0 aliphatic heterocycles. The summed E-state index contributed by atoms with van der Waals surface area (Å²) in [5.41, 5.74) is -4.99. The SMILES string of the molecule is Cc1nc(-c2ccccc2)nn1S(=O)(=O)C(F)(F)F. The summed E-state index contributed by atoms with van der Waals surface area (Å²) in [6, 6.07) is 8.13. The number of benzene rings is 1. The smallest absolute Gasteiger partial charge is 0.211 e. The molecule has 0 aliphatic carbocycles. The number of alkyl halides is 3. The van der Waals surface area contributed by atoms with E-state index < -0.39 is 15.5 Å². The molecule has 0 radical (unpaired) electrons. The van der Waals surface area contributed by atoms with Gasteiger partial charge in [0.15, 0.2) is 5.82 Å². The van der Waals surface area contributed by atoms with Crippen molar-refractivity contribution in [2.45, 2.75) is 12.4 Å². The van der Waals surface area contributed by atoms with E-state index in [9.17, 15) is 21.6 Å². The molecule has 9 heteroatoms. The fraction of sp³-hybridized carbons (Fsp3) is 0.200. The highest BCUT2D eigenvalue weighted by atomic mass is 32.2. The average Bonchev–Trinajstić information content (AvgIpc) is 2.71. The van der Waals surface area contributed by atoms with Gasteiger partial charge in [-0.3, -0.25) is 0 Å². The maximum atomic E-state index is 12.4. The Morgan fingerprint density at radius 1 is 1.16 bits per heavy atom. The number of aryl methyl sites for hydroxylation is 1. The van der Waals surface area contributed by atoms with Gasteiger partial charge in [-0.1, -0.05) is 30.3 Å². The molecule has 1 aromatic heterocycles. The monoisotopic (exact) mass is 291 g/mol. The summed E-state index contributed by atoms with van der Waals surface area (Å²) in [4.78, 5) is 3.73. The van der Waals surface area contributed by atoms with Gasteiger partial charge in [-0.2, -0.15) is 21.6 Å². The van der Waals surface area contributed by atoms with Crippen LogP contribution in [-0.2, 0) is 10.0 Å². The second-order valence-corrected chi connectivity index (χ2v) is 5.40. The van der Waals surface area contributed by atoms with Crippen molar-refractivity contribution < 1.29 is 21.6 Å². The molecular formula is C10H8F3N3O2S.